The van der Waals surface area contributed by atoms with E-state index >= 15 is 0 Å². The third-order valence-electron chi connectivity index (χ3n) is 5.69. The zero-order valence-electron chi connectivity index (χ0n) is 14.4. The Labute approximate surface area is 146 Å². The third-order valence-corrected chi connectivity index (χ3v) is 5.69. The van der Waals surface area contributed by atoms with E-state index in [4.69, 9.17) is 14.2 Å². The molecular weight excluding hydrogens is 324 g/mol. The van der Waals surface area contributed by atoms with Crippen molar-refractivity contribution in [3.05, 3.63) is 17.7 Å². The van der Waals surface area contributed by atoms with Gasteiger partial charge in [0, 0.05) is 37.3 Å². The van der Waals surface area contributed by atoms with Gasteiger partial charge < -0.3 is 24.6 Å². The van der Waals surface area contributed by atoms with E-state index in [1.807, 2.05) is 12.1 Å². The van der Waals surface area contributed by atoms with Crippen molar-refractivity contribution in [2.75, 3.05) is 33.5 Å². The Hall–Kier alpha value is -1.99. The number of carboxylic acids is 1. The Morgan fingerprint density at radius 1 is 1.44 bits per heavy atom. The number of carboxylic acid groups (broad SMARTS) is 1. The highest BCUT2D eigenvalue weighted by molar-refractivity contribution is 5.76. The minimum Gasteiger partial charge on any atom is -0.496 e. The summed E-state index contributed by atoms with van der Waals surface area (Å²) < 4.78 is 16.4. The number of hydrogen-bond donors (Lipinski definition) is 2. The first-order chi connectivity index (χ1) is 12.1. The highest BCUT2D eigenvalue weighted by Gasteiger charge is 2.50. The second-order valence-corrected chi connectivity index (χ2v) is 7.09. The number of fused-ring (bicyclic) bond motifs is 2. The second-order valence-electron chi connectivity index (χ2n) is 7.09. The van der Waals surface area contributed by atoms with Gasteiger partial charge in [0.1, 0.15) is 5.75 Å². The summed E-state index contributed by atoms with van der Waals surface area (Å²) in [5, 5.41) is 13.3. The van der Waals surface area contributed by atoms with Crippen LogP contribution in [0, 0.1) is 5.41 Å². The van der Waals surface area contributed by atoms with Gasteiger partial charge in [0.2, 0.25) is 6.79 Å². The molecule has 0 spiro atoms. The molecule has 0 unspecified atom stereocenters. The van der Waals surface area contributed by atoms with Crippen LogP contribution in [0.1, 0.15) is 24.8 Å². The van der Waals surface area contributed by atoms with E-state index in [9.17, 15) is 9.90 Å². The number of aliphatic carboxylic acids is 1. The first kappa shape index (κ1) is 16.5. The van der Waals surface area contributed by atoms with Crippen LogP contribution in [0.25, 0.3) is 0 Å². The molecule has 0 aliphatic carbocycles. The molecule has 4 rings (SSSR count). The molecular formula is C18H24N2O5. The maximum atomic E-state index is 12.1. The van der Waals surface area contributed by atoms with Crippen LogP contribution in [0.5, 0.6) is 17.2 Å². The Kier molecular flexibility index (Phi) is 4.21. The van der Waals surface area contributed by atoms with Crippen molar-refractivity contribution in [1.29, 1.82) is 0 Å². The predicted octanol–water partition coefficient (Wildman–Crippen LogP) is 1.45. The van der Waals surface area contributed by atoms with Crippen molar-refractivity contribution < 1.29 is 24.1 Å². The summed E-state index contributed by atoms with van der Waals surface area (Å²) in [4.78, 5) is 14.3. The van der Waals surface area contributed by atoms with Crippen molar-refractivity contribution >= 4 is 5.97 Å². The van der Waals surface area contributed by atoms with Crippen LogP contribution in [-0.2, 0) is 11.3 Å². The molecule has 3 aliphatic heterocycles. The fraction of sp³-hybridized carbons (Fsp3) is 0.611. The van der Waals surface area contributed by atoms with Crippen LogP contribution in [0.2, 0.25) is 0 Å². The molecule has 2 atom stereocenters. The first-order valence-corrected chi connectivity index (χ1v) is 8.78. The average molecular weight is 348 g/mol. The highest BCUT2D eigenvalue weighted by atomic mass is 16.7. The van der Waals surface area contributed by atoms with Gasteiger partial charge in [-0.2, -0.15) is 0 Å². The Balaban J connectivity index is 1.56. The SMILES string of the molecule is COc1cc2c(cc1CN1CC[C@H]3NCCC[C@]3(C(=O)O)C1)OCO2. The second kappa shape index (κ2) is 6.38. The summed E-state index contributed by atoms with van der Waals surface area (Å²) in [5.74, 6) is 1.47. The molecule has 0 saturated carbocycles. The number of ether oxygens (including phenoxy) is 3. The maximum absolute atomic E-state index is 12.1. The highest BCUT2D eigenvalue weighted by Crippen LogP contribution is 2.41. The number of nitrogens with zero attached hydrogens (tertiary/aromatic N) is 1. The molecule has 2 saturated heterocycles. The predicted molar refractivity (Wildman–Crippen MR) is 90.1 cm³/mol. The van der Waals surface area contributed by atoms with E-state index in [1.54, 1.807) is 7.11 Å². The normalized spacial score (nSPS) is 28.4. The molecule has 1 aromatic rings. The number of hydrogen-bond acceptors (Lipinski definition) is 6. The molecule has 1 aromatic carbocycles. The van der Waals surface area contributed by atoms with Gasteiger partial charge in [-0.25, -0.2) is 0 Å². The smallest absolute Gasteiger partial charge is 0.312 e. The fourth-order valence-electron chi connectivity index (χ4n) is 4.39. The van der Waals surface area contributed by atoms with Crippen molar-refractivity contribution in [2.24, 2.45) is 5.41 Å². The monoisotopic (exact) mass is 348 g/mol. The maximum Gasteiger partial charge on any atom is 0.312 e. The third kappa shape index (κ3) is 2.81. The lowest BCUT2D eigenvalue weighted by molar-refractivity contribution is -0.157. The van der Waals surface area contributed by atoms with Crippen molar-refractivity contribution in [3.8, 4) is 17.2 Å². The van der Waals surface area contributed by atoms with Crippen LogP contribution in [0.15, 0.2) is 12.1 Å². The van der Waals surface area contributed by atoms with E-state index < -0.39 is 11.4 Å². The molecule has 25 heavy (non-hydrogen) atoms. The topological polar surface area (TPSA) is 80.3 Å². The number of carbonyl (C=O) groups is 1. The molecule has 2 N–H and O–H groups in total. The first-order valence-electron chi connectivity index (χ1n) is 8.78. The van der Waals surface area contributed by atoms with Gasteiger partial charge in [0.25, 0.3) is 0 Å². The van der Waals surface area contributed by atoms with Crippen LogP contribution in [0.3, 0.4) is 0 Å². The number of nitrogens with one attached hydrogen (secondary N) is 1. The van der Waals surface area contributed by atoms with Gasteiger partial charge in [-0.1, -0.05) is 0 Å². The molecule has 3 aliphatic rings. The lowest BCUT2D eigenvalue weighted by Crippen LogP contribution is -2.62. The molecule has 7 nitrogen and oxygen atoms in total. The summed E-state index contributed by atoms with van der Waals surface area (Å²) in [6.07, 6.45) is 2.48. The fourth-order valence-corrected chi connectivity index (χ4v) is 4.39. The number of piperidine rings is 2. The number of methoxy groups -OCH3 is 1. The largest absolute Gasteiger partial charge is 0.496 e. The number of benzene rings is 1. The molecule has 2 fully saturated rings. The minimum absolute atomic E-state index is 0.0636. The van der Waals surface area contributed by atoms with E-state index in [-0.39, 0.29) is 12.8 Å². The minimum atomic E-state index is -0.694. The van der Waals surface area contributed by atoms with Gasteiger partial charge in [0.05, 0.1) is 12.5 Å². The van der Waals surface area contributed by atoms with Gasteiger partial charge in [0.15, 0.2) is 11.5 Å². The summed E-state index contributed by atoms with van der Waals surface area (Å²) in [6.45, 7) is 3.19. The molecule has 136 valence electrons. The molecule has 0 bridgehead atoms. The van der Waals surface area contributed by atoms with Gasteiger partial charge in [-0.05, 0) is 31.9 Å². The average Bonchev–Trinajstić information content (AvgIpc) is 3.08. The van der Waals surface area contributed by atoms with E-state index in [1.165, 1.54) is 0 Å². The van der Waals surface area contributed by atoms with Crippen LogP contribution in [-0.4, -0.2) is 55.6 Å². The van der Waals surface area contributed by atoms with Gasteiger partial charge in [-0.3, -0.25) is 9.69 Å². The van der Waals surface area contributed by atoms with E-state index in [0.29, 0.717) is 18.8 Å². The zero-order chi connectivity index (χ0) is 17.4. The van der Waals surface area contributed by atoms with Crippen molar-refractivity contribution in [1.82, 2.24) is 10.2 Å². The standard InChI is InChI=1S/C18H24N2O5/c1-23-13-8-15-14(24-11-25-15)7-12(13)9-20-6-3-16-18(10-20,17(21)22)4-2-5-19-16/h7-8,16,19H,2-6,9-11H2,1H3,(H,21,22)/t16-,18+/m1/s1. The summed E-state index contributed by atoms with van der Waals surface area (Å²) in [7, 11) is 1.64. The van der Waals surface area contributed by atoms with Crippen LogP contribution < -0.4 is 19.5 Å². The molecule has 0 radical (unpaired) electrons. The Morgan fingerprint density at radius 3 is 3.00 bits per heavy atom. The van der Waals surface area contributed by atoms with E-state index in [0.717, 1.165) is 49.4 Å². The van der Waals surface area contributed by atoms with Gasteiger partial charge >= 0.3 is 5.97 Å². The number of rotatable bonds is 4. The van der Waals surface area contributed by atoms with E-state index in [2.05, 4.69) is 10.2 Å². The summed E-state index contributed by atoms with van der Waals surface area (Å²) in [6, 6.07) is 3.85. The van der Waals surface area contributed by atoms with Crippen molar-refractivity contribution in [3.63, 3.8) is 0 Å². The van der Waals surface area contributed by atoms with Crippen molar-refractivity contribution in [2.45, 2.75) is 31.8 Å². The molecule has 0 amide bonds. The Morgan fingerprint density at radius 2 is 2.24 bits per heavy atom. The molecule has 0 aromatic heterocycles. The zero-order valence-corrected chi connectivity index (χ0v) is 14.4. The lowest BCUT2D eigenvalue weighted by Gasteiger charge is -2.48. The van der Waals surface area contributed by atoms with Gasteiger partial charge in [-0.15, -0.1) is 0 Å². The summed E-state index contributed by atoms with van der Waals surface area (Å²) in [5.41, 5.74) is 0.301. The lowest BCUT2D eigenvalue weighted by atomic mass is 9.70. The quantitative estimate of drug-likeness (QED) is 0.852. The molecule has 7 heteroatoms. The summed E-state index contributed by atoms with van der Waals surface area (Å²) >= 11 is 0. The Bertz CT molecular complexity index is 680. The molecule has 3 heterocycles. The van der Waals surface area contributed by atoms with Crippen LogP contribution in [0.4, 0.5) is 0 Å². The number of likely N-dealkylation sites (tertiary alicyclic amines) is 1. The van der Waals surface area contributed by atoms with Crippen LogP contribution >= 0.6 is 0 Å².